The monoisotopic (exact) mass is 496 g/mol. The van der Waals surface area contributed by atoms with Gasteiger partial charge in [-0.15, -0.1) is 0 Å². The molecule has 0 saturated carbocycles. The fourth-order valence-corrected chi connectivity index (χ4v) is 4.14. The van der Waals surface area contributed by atoms with Gasteiger partial charge in [0.1, 0.15) is 5.76 Å². The number of aliphatic hydroxyl groups excluding tert-OH is 1. The standard InChI is InChI=1S/C24H18BrFN2O4/c1-32-19-8-7-16(11-18(19)26)22(29)20-21(15-5-2-6-17(25)10-15)28(24(31)23(20)30)13-14-4-3-9-27-12-14/h2-12,21,29H,13H2,1H3/t21-/m0/s1. The Bertz CT molecular complexity index is 1230. The summed E-state index contributed by atoms with van der Waals surface area (Å²) in [7, 11) is 1.33. The molecule has 162 valence electrons. The molecule has 0 unspecified atom stereocenters. The van der Waals surface area contributed by atoms with Crippen LogP contribution in [-0.4, -0.2) is 33.8 Å². The Balaban J connectivity index is 1.87. The van der Waals surface area contributed by atoms with Crippen LogP contribution >= 0.6 is 15.9 Å². The largest absolute Gasteiger partial charge is 0.507 e. The first-order valence-corrected chi connectivity index (χ1v) is 10.5. The molecule has 1 aliphatic rings. The molecule has 1 saturated heterocycles. The molecule has 2 heterocycles. The van der Waals surface area contributed by atoms with Gasteiger partial charge in [-0.1, -0.05) is 34.1 Å². The third kappa shape index (κ3) is 4.01. The van der Waals surface area contributed by atoms with Crippen LogP contribution in [0.25, 0.3) is 5.76 Å². The zero-order valence-corrected chi connectivity index (χ0v) is 18.5. The van der Waals surface area contributed by atoms with Crippen LogP contribution in [0.5, 0.6) is 5.75 Å². The minimum absolute atomic E-state index is 0.00196. The maximum Gasteiger partial charge on any atom is 0.295 e. The Hall–Kier alpha value is -3.52. The summed E-state index contributed by atoms with van der Waals surface area (Å²) in [4.78, 5) is 31.5. The minimum atomic E-state index is -0.863. The first-order chi connectivity index (χ1) is 15.4. The number of likely N-dealkylation sites (tertiary alicyclic amines) is 1. The number of nitrogens with zero attached hydrogens (tertiary/aromatic N) is 2. The fraction of sp³-hybridized carbons (Fsp3) is 0.125. The van der Waals surface area contributed by atoms with Gasteiger partial charge in [0, 0.05) is 29.0 Å². The van der Waals surface area contributed by atoms with Crippen LogP contribution in [0.3, 0.4) is 0 Å². The third-order valence-electron chi connectivity index (χ3n) is 5.21. The second-order valence-corrected chi connectivity index (χ2v) is 8.11. The topological polar surface area (TPSA) is 79.7 Å². The first kappa shape index (κ1) is 21.7. The lowest BCUT2D eigenvalue weighted by Crippen LogP contribution is -2.29. The number of hydrogen-bond donors (Lipinski definition) is 1. The number of pyridine rings is 1. The van der Waals surface area contributed by atoms with Crippen LogP contribution in [0.2, 0.25) is 0 Å². The molecule has 8 heteroatoms. The summed E-state index contributed by atoms with van der Waals surface area (Å²) < 4.78 is 19.9. The van der Waals surface area contributed by atoms with Crippen molar-refractivity contribution in [3.05, 3.63) is 99.5 Å². The molecule has 0 aliphatic carbocycles. The van der Waals surface area contributed by atoms with E-state index in [-0.39, 0.29) is 23.4 Å². The van der Waals surface area contributed by atoms with E-state index in [1.54, 1.807) is 42.7 Å². The lowest BCUT2D eigenvalue weighted by atomic mass is 9.95. The van der Waals surface area contributed by atoms with Crippen LogP contribution in [0.4, 0.5) is 4.39 Å². The highest BCUT2D eigenvalue weighted by molar-refractivity contribution is 9.10. The first-order valence-electron chi connectivity index (χ1n) is 9.67. The Morgan fingerprint density at radius 2 is 2.00 bits per heavy atom. The van der Waals surface area contributed by atoms with Gasteiger partial charge in [0.25, 0.3) is 11.7 Å². The molecule has 0 bridgehead atoms. The lowest BCUT2D eigenvalue weighted by Gasteiger charge is -2.25. The van der Waals surface area contributed by atoms with Crippen molar-refractivity contribution >= 4 is 33.4 Å². The van der Waals surface area contributed by atoms with E-state index in [0.717, 1.165) is 16.1 Å². The van der Waals surface area contributed by atoms with E-state index in [9.17, 15) is 19.1 Å². The quantitative estimate of drug-likeness (QED) is 0.317. The summed E-state index contributed by atoms with van der Waals surface area (Å²) in [6.45, 7) is 0.114. The number of amides is 1. The van der Waals surface area contributed by atoms with E-state index >= 15 is 0 Å². The van der Waals surface area contributed by atoms with Crippen molar-refractivity contribution in [2.75, 3.05) is 7.11 Å². The highest BCUT2D eigenvalue weighted by Gasteiger charge is 2.46. The fourth-order valence-electron chi connectivity index (χ4n) is 3.72. The number of ether oxygens (including phenoxy) is 1. The molecule has 0 radical (unpaired) electrons. The van der Waals surface area contributed by atoms with E-state index in [4.69, 9.17) is 4.74 Å². The number of carbonyl (C=O) groups is 2. The van der Waals surface area contributed by atoms with Crippen molar-refractivity contribution in [2.45, 2.75) is 12.6 Å². The number of aromatic nitrogens is 1. The van der Waals surface area contributed by atoms with Gasteiger partial charge < -0.3 is 14.7 Å². The van der Waals surface area contributed by atoms with Crippen molar-refractivity contribution in [2.24, 2.45) is 0 Å². The van der Waals surface area contributed by atoms with Gasteiger partial charge in [-0.05, 0) is 47.5 Å². The number of methoxy groups -OCH3 is 1. The zero-order chi connectivity index (χ0) is 22.8. The summed E-state index contributed by atoms with van der Waals surface area (Å²) in [6.07, 6.45) is 3.22. The van der Waals surface area contributed by atoms with Gasteiger partial charge >= 0.3 is 0 Å². The molecule has 1 fully saturated rings. The van der Waals surface area contributed by atoms with Crippen LogP contribution in [0, 0.1) is 5.82 Å². The van der Waals surface area contributed by atoms with Crippen LogP contribution < -0.4 is 4.74 Å². The molecule has 1 aliphatic heterocycles. The van der Waals surface area contributed by atoms with Gasteiger partial charge in [0.15, 0.2) is 11.6 Å². The normalized spacial score (nSPS) is 17.6. The highest BCUT2D eigenvalue weighted by atomic mass is 79.9. The zero-order valence-electron chi connectivity index (χ0n) is 17.0. The van der Waals surface area contributed by atoms with Gasteiger partial charge in [0.2, 0.25) is 0 Å². The lowest BCUT2D eigenvalue weighted by molar-refractivity contribution is -0.140. The second-order valence-electron chi connectivity index (χ2n) is 7.19. The van der Waals surface area contributed by atoms with E-state index in [2.05, 4.69) is 20.9 Å². The van der Waals surface area contributed by atoms with E-state index in [0.29, 0.717) is 5.56 Å². The van der Waals surface area contributed by atoms with Crippen LogP contribution in [0.1, 0.15) is 22.7 Å². The maximum absolute atomic E-state index is 14.3. The summed E-state index contributed by atoms with van der Waals surface area (Å²) in [5.74, 6) is -2.74. The summed E-state index contributed by atoms with van der Waals surface area (Å²) in [5, 5.41) is 11.0. The Morgan fingerprint density at radius 1 is 1.19 bits per heavy atom. The molecule has 1 atom stereocenters. The molecule has 4 rings (SSSR count). The smallest absolute Gasteiger partial charge is 0.295 e. The second kappa shape index (κ2) is 8.92. The van der Waals surface area contributed by atoms with E-state index < -0.39 is 29.3 Å². The van der Waals surface area contributed by atoms with Crippen molar-refractivity contribution < 1.29 is 23.8 Å². The van der Waals surface area contributed by atoms with E-state index in [1.165, 1.54) is 24.1 Å². The molecule has 2 aromatic carbocycles. The highest BCUT2D eigenvalue weighted by Crippen LogP contribution is 2.41. The average Bonchev–Trinajstić information content (AvgIpc) is 3.04. The summed E-state index contributed by atoms with van der Waals surface area (Å²) in [6, 6.07) is 13.6. The average molecular weight is 497 g/mol. The number of aliphatic hydroxyl groups is 1. The molecule has 1 amide bonds. The molecular formula is C24H18BrFN2O4. The van der Waals surface area contributed by atoms with Gasteiger partial charge in [-0.25, -0.2) is 4.39 Å². The number of carbonyl (C=O) groups excluding carboxylic acids is 2. The molecular weight excluding hydrogens is 479 g/mol. The van der Waals surface area contributed by atoms with E-state index in [1.807, 2.05) is 6.07 Å². The summed E-state index contributed by atoms with van der Waals surface area (Å²) in [5.41, 5.74) is 1.31. The summed E-state index contributed by atoms with van der Waals surface area (Å²) >= 11 is 3.41. The SMILES string of the molecule is COc1ccc(C(O)=C2C(=O)C(=O)N(Cc3cccnc3)[C@H]2c2cccc(Br)c2)cc1F. The molecule has 1 aromatic heterocycles. The number of hydrogen-bond acceptors (Lipinski definition) is 5. The molecule has 0 spiro atoms. The Morgan fingerprint density at radius 3 is 2.66 bits per heavy atom. The van der Waals surface area contributed by atoms with Gasteiger partial charge in [0.05, 0.1) is 18.7 Å². The van der Waals surface area contributed by atoms with Crippen LogP contribution in [0.15, 0.2) is 77.0 Å². The van der Waals surface area contributed by atoms with Gasteiger partial charge in [-0.2, -0.15) is 0 Å². The minimum Gasteiger partial charge on any atom is -0.507 e. The maximum atomic E-state index is 14.3. The number of rotatable bonds is 5. The molecule has 3 aromatic rings. The number of benzene rings is 2. The van der Waals surface area contributed by atoms with Crippen molar-refractivity contribution in [3.63, 3.8) is 0 Å². The van der Waals surface area contributed by atoms with Gasteiger partial charge in [-0.3, -0.25) is 14.6 Å². The van der Waals surface area contributed by atoms with Crippen molar-refractivity contribution in [3.8, 4) is 5.75 Å². The van der Waals surface area contributed by atoms with Crippen LogP contribution in [-0.2, 0) is 16.1 Å². The predicted octanol–water partition coefficient (Wildman–Crippen LogP) is 4.61. The number of ketones is 1. The molecule has 32 heavy (non-hydrogen) atoms. The molecule has 6 nitrogen and oxygen atoms in total. The number of Topliss-reactive ketones (excluding diaryl/α,β-unsaturated/α-hetero) is 1. The molecule has 1 N–H and O–H groups in total. The Labute approximate surface area is 192 Å². The van der Waals surface area contributed by atoms with Crippen molar-refractivity contribution in [1.29, 1.82) is 0 Å². The third-order valence-corrected chi connectivity index (χ3v) is 5.70. The Kier molecular flexibility index (Phi) is 6.05. The number of halogens is 2. The van der Waals surface area contributed by atoms with Crippen molar-refractivity contribution in [1.82, 2.24) is 9.88 Å². The predicted molar refractivity (Wildman–Crippen MR) is 119 cm³/mol.